The summed E-state index contributed by atoms with van der Waals surface area (Å²) in [5.74, 6) is -1.24. The van der Waals surface area contributed by atoms with Gasteiger partial charge in [-0.05, 0) is 28.7 Å². The second kappa shape index (κ2) is 5.44. The molecule has 0 bridgehead atoms. The van der Waals surface area contributed by atoms with Crippen LogP contribution in [0, 0.1) is 3.70 Å². The van der Waals surface area contributed by atoms with Crippen molar-refractivity contribution in [2.75, 3.05) is 14.2 Å². The number of carbonyl (C=O) groups is 2. The van der Waals surface area contributed by atoms with Gasteiger partial charge >= 0.3 is 11.9 Å². The van der Waals surface area contributed by atoms with Crippen molar-refractivity contribution in [3.05, 3.63) is 26.0 Å². The second-order valence-electron chi connectivity index (χ2n) is 2.65. The Morgan fingerprint density at radius 3 is 2.25 bits per heavy atom. The summed E-state index contributed by atoms with van der Waals surface area (Å²) in [7, 11) is 2.46. The molecule has 0 saturated heterocycles. The Balaban J connectivity index is 3.32. The lowest BCUT2D eigenvalue weighted by Crippen LogP contribution is -2.11. The van der Waals surface area contributed by atoms with Gasteiger partial charge in [-0.25, -0.2) is 14.6 Å². The van der Waals surface area contributed by atoms with Crippen LogP contribution >= 0.6 is 34.2 Å². The summed E-state index contributed by atoms with van der Waals surface area (Å²) in [5.41, 5.74) is 0.206. The summed E-state index contributed by atoms with van der Waals surface area (Å²) >= 11 is 7.58. The van der Waals surface area contributed by atoms with Crippen molar-refractivity contribution in [3.63, 3.8) is 0 Å². The number of hydrogen-bond acceptors (Lipinski definition) is 5. The molecule has 0 fully saturated rings. The fourth-order valence-corrected chi connectivity index (χ4v) is 1.95. The summed E-state index contributed by atoms with van der Waals surface area (Å²) in [6, 6.07) is 1.30. The van der Waals surface area contributed by atoms with Gasteiger partial charge in [0.15, 0.2) is 0 Å². The number of aromatic nitrogens is 1. The Morgan fingerprint density at radius 1 is 1.25 bits per heavy atom. The fraction of sp³-hybridized carbons (Fsp3) is 0.222. The topological polar surface area (TPSA) is 65.5 Å². The van der Waals surface area contributed by atoms with Crippen LogP contribution in [-0.2, 0) is 9.47 Å². The van der Waals surface area contributed by atoms with Crippen molar-refractivity contribution in [1.82, 2.24) is 4.98 Å². The third-order valence-corrected chi connectivity index (χ3v) is 2.85. The number of esters is 2. The molecule has 0 radical (unpaired) electrons. The number of hydrogen-bond donors (Lipinski definition) is 0. The third kappa shape index (κ3) is 2.62. The maximum Gasteiger partial charge on any atom is 0.341 e. The van der Waals surface area contributed by atoms with E-state index in [1.54, 1.807) is 0 Å². The van der Waals surface area contributed by atoms with Crippen LogP contribution in [0.3, 0.4) is 0 Å². The molecule has 1 heterocycles. The molecule has 0 unspecified atom stereocenters. The average Bonchev–Trinajstić information content (AvgIpc) is 2.27. The predicted molar refractivity (Wildman–Crippen MR) is 64.6 cm³/mol. The van der Waals surface area contributed by atoms with Crippen LogP contribution in [0.25, 0.3) is 0 Å². The highest BCUT2D eigenvalue weighted by atomic mass is 127. The van der Waals surface area contributed by atoms with Crippen LogP contribution in [0.2, 0.25) is 5.15 Å². The molecule has 0 aliphatic heterocycles. The van der Waals surface area contributed by atoms with Crippen molar-refractivity contribution in [1.29, 1.82) is 0 Å². The first kappa shape index (κ1) is 13.2. The minimum Gasteiger partial charge on any atom is -0.465 e. The number of nitrogens with zero attached hydrogens (tertiary/aromatic N) is 1. The molecule has 1 aromatic rings. The van der Waals surface area contributed by atoms with Crippen LogP contribution in [0.15, 0.2) is 6.07 Å². The Bertz CT molecular complexity index is 412. The Morgan fingerprint density at radius 2 is 1.75 bits per heavy atom. The normalized spacial score (nSPS) is 9.75. The first-order valence-electron chi connectivity index (χ1n) is 4.04. The van der Waals surface area contributed by atoms with Crippen LogP contribution in [0.1, 0.15) is 20.7 Å². The molecule has 86 valence electrons. The highest BCUT2D eigenvalue weighted by Gasteiger charge is 2.19. The molecule has 1 rings (SSSR count). The molecule has 0 N–H and O–H groups in total. The number of rotatable bonds is 2. The second-order valence-corrected chi connectivity index (χ2v) is 4.03. The minimum absolute atomic E-state index is 0.0103. The molecule has 0 amide bonds. The van der Waals surface area contributed by atoms with Crippen molar-refractivity contribution < 1.29 is 19.1 Å². The molecule has 0 aliphatic carbocycles. The fourth-order valence-electron chi connectivity index (χ4n) is 0.976. The van der Waals surface area contributed by atoms with Gasteiger partial charge in [0.1, 0.15) is 8.85 Å². The average molecular weight is 356 g/mol. The maximum absolute atomic E-state index is 11.3. The van der Waals surface area contributed by atoms with Gasteiger partial charge in [-0.1, -0.05) is 11.6 Å². The van der Waals surface area contributed by atoms with Gasteiger partial charge < -0.3 is 9.47 Å². The molecular formula is C9H7ClINO4. The lowest BCUT2D eigenvalue weighted by molar-refractivity contribution is 0.0597. The predicted octanol–water partition coefficient (Wildman–Crippen LogP) is 1.91. The summed E-state index contributed by atoms with van der Waals surface area (Å²) < 4.78 is 9.42. The summed E-state index contributed by atoms with van der Waals surface area (Å²) in [6.45, 7) is 0. The van der Waals surface area contributed by atoms with Gasteiger partial charge in [0.05, 0.1) is 25.3 Å². The van der Waals surface area contributed by atoms with E-state index in [9.17, 15) is 9.59 Å². The van der Waals surface area contributed by atoms with E-state index >= 15 is 0 Å². The van der Waals surface area contributed by atoms with Crippen LogP contribution in [0.5, 0.6) is 0 Å². The molecule has 0 atom stereocenters. The van der Waals surface area contributed by atoms with Gasteiger partial charge in [-0.3, -0.25) is 0 Å². The minimum atomic E-state index is -0.654. The highest BCUT2D eigenvalue weighted by molar-refractivity contribution is 14.1. The summed E-state index contributed by atoms with van der Waals surface area (Å²) in [4.78, 5) is 26.5. The van der Waals surface area contributed by atoms with Crippen molar-refractivity contribution >= 4 is 46.1 Å². The third-order valence-electron chi connectivity index (χ3n) is 1.74. The molecule has 0 spiro atoms. The van der Waals surface area contributed by atoms with E-state index in [0.717, 1.165) is 0 Å². The maximum atomic E-state index is 11.3. The quantitative estimate of drug-likeness (QED) is 0.461. The van der Waals surface area contributed by atoms with Crippen LogP contribution in [0.4, 0.5) is 0 Å². The van der Waals surface area contributed by atoms with E-state index in [2.05, 4.69) is 14.5 Å². The Hall–Kier alpha value is -0.890. The molecular weight excluding hydrogens is 348 g/mol. The SMILES string of the molecule is COC(=O)c1cc(C(=O)OC)c(I)nc1Cl. The molecule has 0 aliphatic rings. The van der Waals surface area contributed by atoms with Crippen LogP contribution < -0.4 is 0 Å². The van der Waals surface area contributed by atoms with E-state index in [-0.39, 0.29) is 16.3 Å². The van der Waals surface area contributed by atoms with Gasteiger partial charge in [0, 0.05) is 0 Å². The zero-order valence-corrected chi connectivity index (χ0v) is 11.3. The molecule has 0 saturated carbocycles. The van der Waals surface area contributed by atoms with Crippen molar-refractivity contribution in [3.8, 4) is 0 Å². The first-order valence-corrected chi connectivity index (χ1v) is 5.49. The lowest BCUT2D eigenvalue weighted by Gasteiger charge is -2.06. The molecule has 1 aromatic heterocycles. The monoisotopic (exact) mass is 355 g/mol. The van der Waals surface area contributed by atoms with E-state index < -0.39 is 11.9 Å². The number of halogens is 2. The van der Waals surface area contributed by atoms with E-state index in [1.807, 2.05) is 22.6 Å². The van der Waals surface area contributed by atoms with Gasteiger partial charge in [-0.2, -0.15) is 0 Å². The zero-order chi connectivity index (χ0) is 12.3. The van der Waals surface area contributed by atoms with Crippen molar-refractivity contribution in [2.45, 2.75) is 0 Å². The van der Waals surface area contributed by atoms with Crippen molar-refractivity contribution in [2.24, 2.45) is 0 Å². The summed E-state index contributed by atoms with van der Waals surface area (Å²) in [6.07, 6.45) is 0. The number of ether oxygens (including phenoxy) is 2. The van der Waals surface area contributed by atoms with Gasteiger partial charge in [0.25, 0.3) is 0 Å². The molecule has 5 nitrogen and oxygen atoms in total. The largest absolute Gasteiger partial charge is 0.465 e. The zero-order valence-electron chi connectivity index (χ0n) is 8.41. The number of methoxy groups -OCH3 is 2. The van der Waals surface area contributed by atoms with Crippen LogP contribution in [-0.4, -0.2) is 31.1 Å². The van der Waals surface area contributed by atoms with E-state index in [1.165, 1.54) is 20.3 Å². The smallest absolute Gasteiger partial charge is 0.341 e. The Labute approximate surface area is 110 Å². The Kier molecular flexibility index (Phi) is 4.48. The molecule has 16 heavy (non-hydrogen) atoms. The number of carbonyl (C=O) groups excluding carboxylic acids is 2. The van der Waals surface area contributed by atoms with Gasteiger partial charge in [0.2, 0.25) is 0 Å². The highest BCUT2D eigenvalue weighted by Crippen LogP contribution is 2.20. The first-order chi connectivity index (χ1) is 7.51. The number of pyridine rings is 1. The lowest BCUT2D eigenvalue weighted by atomic mass is 10.2. The van der Waals surface area contributed by atoms with Gasteiger partial charge in [-0.15, -0.1) is 0 Å². The van der Waals surface area contributed by atoms with E-state index in [4.69, 9.17) is 11.6 Å². The summed E-state index contributed by atoms with van der Waals surface area (Å²) in [5, 5.41) is -0.0103. The molecule has 0 aromatic carbocycles. The van der Waals surface area contributed by atoms with E-state index in [0.29, 0.717) is 3.70 Å². The standard InChI is InChI=1S/C9H7ClINO4/c1-15-8(13)4-3-5(9(14)16-2)7(11)12-6(4)10/h3H,1-2H3. The molecule has 7 heteroatoms.